The number of rotatable bonds is 3. The molecule has 1 heterocycles. The van der Waals surface area contributed by atoms with Crippen molar-refractivity contribution < 1.29 is 14.3 Å². The number of halogens is 1. The molecule has 0 amide bonds. The molecule has 0 aromatic heterocycles. The van der Waals surface area contributed by atoms with Crippen molar-refractivity contribution in [3.8, 4) is 5.75 Å². The summed E-state index contributed by atoms with van der Waals surface area (Å²) >= 11 is 5.92. The summed E-state index contributed by atoms with van der Waals surface area (Å²) in [6.07, 6.45) is 1.35. The first-order valence-corrected chi connectivity index (χ1v) is 11.7. The number of ether oxygens (including phenoxy) is 1. The number of hydrogen-bond acceptors (Lipinski definition) is 5. The van der Waals surface area contributed by atoms with Gasteiger partial charge in [0.15, 0.2) is 0 Å². The first-order valence-electron chi connectivity index (χ1n) is 11.3. The Bertz CT molecular complexity index is 1300. The SMILES string of the molecule is CC1(C)CC(=O)C2C(c3cccc(OC(=O)c4ccc(Cl)cc4)c3)=Nc3ccccc3NC2C1. The monoisotopic (exact) mass is 472 g/mol. The van der Waals surface area contributed by atoms with Gasteiger partial charge < -0.3 is 10.1 Å². The Hall–Kier alpha value is -3.44. The molecule has 2 unspecified atom stereocenters. The molecule has 1 fully saturated rings. The third-order valence-electron chi connectivity index (χ3n) is 6.38. The van der Waals surface area contributed by atoms with Crippen LogP contribution in [0.25, 0.3) is 0 Å². The lowest BCUT2D eigenvalue weighted by Gasteiger charge is -2.40. The number of benzene rings is 3. The van der Waals surface area contributed by atoms with Crippen molar-refractivity contribution in [3.63, 3.8) is 0 Å². The minimum absolute atomic E-state index is 0.0704. The molecule has 0 saturated heterocycles. The summed E-state index contributed by atoms with van der Waals surface area (Å²) < 4.78 is 5.63. The Kier molecular flexibility index (Phi) is 5.74. The van der Waals surface area contributed by atoms with Crippen LogP contribution in [0.4, 0.5) is 11.4 Å². The summed E-state index contributed by atoms with van der Waals surface area (Å²) in [4.78, 5) is 31.0. The molecule has 0 bridgehead atoms. The van der Waals surface area contributed by atoms with Crippen molar-refractivity contribution in [2.75, 3.05) is 5.32 Å². The van der Waals surface area contributed by atoms with Gasteiger partial charge >= 0.3 is 5.97 Å². The van der Waals surface area contributed by atoms with Crippen LogP contribution in [0.3, 0.4) is 0 Å². The van der Waals surface area contributed by atoms with Gasteiger partial charge in [-0.1, -0.05) is 49.7 Å². The highest BCUT2D eigenvalue weighted by atomic mass is 35.5. The largest absolute Gasteiger partial charge is 0.423 e. The van der Waals surface area contributed by atoms with Gasteiger partial charge in [0.05, 0.1) is 28.6 Å². The molecule has 1 saturated carbocycles. The minimum atomic E-state index is -0.475. The molecule has 3 aromatic carbocycles. The number of nitrogens with zero attached hydrogens (tertiary/aromatic N) is 1. The number of carbonyl (C=O) groups is 2. The second-order valence-electron chi connectivity index (χ2n) is 9.68. The fourth-order valence-electron chi connectivity index (χ4n) is 4.88. The number of carbonyl (C=O) groups excluding carboxylic acids is 2. The molecule has 34 heavy (non-hydrogen) atoms. The fourth-order valence-corrected chi connectivity index (χ4v) is 5.00. The van der Waals surface area contributed by atoms with Crippen molar-refractivity contribution >= 4 is 40.4 Å². The summed E-state index contributed by atoms with van der Waals surface area (Å²) in [5.41, 5.74) is 3.50. The summed E-state index contributed by atoms with van der Waals surface area (Å²) in [5.74, 6) is -0.297. The van der Waals surface area contributed by atoms with E-state index in [0.717, 1.165) is 23.4 Å². The molecule has 1 aliphatic carbocycles. The predicted octanol–water partition coefficient (Wildman–Crippen LogP) is 6.48. The number of nitrogens with one attached hydrogen (secondary N) is 1. The lowest BCUT2D eigenvalue weighted by atomic mass is 9.67. The number of Topliss-reactive ketones (excluding diaryl/α,β-unsaturated/α-hetero) is 1. The van der Waals surface area contributed by atoms with Crippen LogP contribution in [0.1, 0.15) is 42.6 Å². The Morgan fingerprint density at radius 3 is 2.62 bits per heavy atom. The van der Waals surface area contributed by atoms with E-state index in [1.54, 1.807) is 36.4 Å². The maximum absolute atomic E-state index is 13.4. The summed E-state index contributed by atoms with van der Waals surface area (Å²) in [7, 11) is 0. The Morgan fingerprint density at radius 2 is 1.82 bits per heavy atom. The van der Waals surface area contributed by atoms with Gasteiger partial charge in [0.2, 0.25) is 0 Å². The molecular formula is C28H25ClN2O3. The lowest BCUT2D eigenvalue weighted by molar-refractivity contribution is -0.125. The normalized spacial score (nSPS) is 20.8. The van der Waals surface area contributed by atoms with Gasteiger partial charge in [0.1, 0.15) is 11.5 Å². The lowest BCUT2D eigenvalue weighted by Crippen LogP contribution is -2.47. The smallest absolute Gasteiger partial charge is 0.343 e. The zero-order valence-corrected chi connectivity index (χ0v) is 19.8. The van der Waals surface area contributed by atoms with Gasteiger partial charge in [-0.05, 0) is 60.4 Å². The number of esters is 1. The van der Waals surface area contributed by atoms with E-state index in [1.807, 2.05) is 36.4 Å². The second kappa shape index (κ2) is 8.73. The quantitative estimate of drug-likeness (QED) is 0.350. The van der Waals surface area contributed by atoms with Crippen LogP contribution in [0.15, 0.2) is 77.8 Å². The van der Waals surface area contributed by atoms with Crippen molar-refractivity contribution in [1.29, 1.82) is 0 Å². The molecule has 172 valence electrons. The second-order valence-corrected chi connectivity index (χ2v) is 10.1. The van der Waals surface area contributed by atoms with Gasteiger partial charge in [-0.25, -0.2) is 9.79 Å². The minimum Gasteiger partial charge on any atom is -0.423 e. The highest BCUT2D eigenvalue weighted by molar-refractivity contribution is 6.30. The van der Waals surface area contributed by atoms with Gasteiger partial charge in [-0.2, -0.15) is 0 Å². The highest BCUT2D eigenvalue weighted by Crippen LogP contribution is 2.43. The zero-order chi connectivity index (χ0) is 23.9. The number of ketones is 1. The van der Waals surface area contributed by atoms with Gasteiger partial charge in [0.25, 0.3) is 0 Å². The van der Waals surface area contributed by atoms with Crippen molar-refractivity contribution in [3.05, 3.63) is 88.9 Å². The van der Waals surface area contributed by atoms with Crippen LogP contribution < -0.4 is 10.1 Å². The maximum atomic E-state index is 13.4. The predicted molar refractivity (Wildman–Crippen MR) is 134 cm³/mol. The van der Waals surface area contributed by atoms with Crippen LogP contribution in [-0.2, 0) is 4.79 Å². The standard InChI is InChI=1S/C28H25ClN2O3/c1-28(2)15-23-25(24(32)16-28)26(31-22-9-4-3-8-21(22)30-23)18-6-5-7-20(14-18)34-27(33)17-10-12-19(29)13-11-17/h3-14,23,25,30H,15-16H2,1-2H3. The van der Waals surface area contributed by atoms with E-state index in [-0.39, 0.29) is 23.2 Å². The molecular weight excluding hydrogens is 448 g/mol. The third kappa shape index (κ3) is 4.48. The Balaban J connectivity index is 1.52. The van der Waals surface area contributed by atoms with E-state index < -0.39 is 5.97 Å². The first kappa shape index (κ1) is 22.4. The van der Waals surface area contributed by atoms with Crippen LogP contribution in [0.2, 0.25) is 5.02 Å². The number of anilines is 1. The molecule has 5 rings (SSSR count). The van der Waals surface area contributed by atoms with Gasteiger partial charge in [-0.3, -0.25) is 4.79 Å². The van der Waals surface area contributed by atoms with Crippen LogP contribution >= 0.6 is 11.6 Å². The molecule has 0 spiro atoms. The number of aliphatic imine (C=N–C) groups is 1. The number of fused-ring (bicyclic) bond motifs is 2. The van der Waals surface area contributed by atoms with E-state index in [2.05, 4.69) is 19.2 Å². The molecule has 1 N–H and O–H groups in total. The molecule has 2 atom stereocenters. The fraction of sp³-hybridized carbons (Fsp3) is 0.250. The van der Waals surface area contributed by atoms with Crippen molar-refractivity contribution in [2.24, 2.45) is 16.3 Å². The van der Waals surface area contributed by atoms with Crippen LogP contribution in [-0.4, -0.2) is 23.5 Å². The molecule has 3 aromatic rings. The zero-order valence-electron chi connectivity index (χ0n) is 19.0. The van der Waals surface area contributed by atoms with E-state index in [1.165, 1.54) is 0 Å². The topological polar surface area (TPSA) is 67.8 Å². The van der Waals surface area contributed by atoms with E-state index >= 15 is 0 Å². The van der Waals surface area contributed by atoms with Gasteiger partial charge in [0, 0.05) is 23.0 Å². The average Bonchev–Trinajstić information content (AvgIpc) is 2.95. The number of para-hydroxylation sites is 2. The molecule has 1 aliphatic heterocycles. The summed E-state index contributed by atoms with van der Waals surface area (Å²) in [6, 6.07) is 21.6. The van der Waals surface area contributed by atoms with E-state index in [9.17, 15) is 9.59 Å². The van der Waals surface area contributed by atoms with Crippen molar-refractivity contribution in [1.82, 2.24) is 0 Å². The Morgan fingerprint density at radius 1 is 1.06 bits per heavy atom. The number of hydrogen-bond donors (Lipinski definition) is 1. The van der Waals surface area contributed by atoms with E-state index in [4.69, 9.17) is 21.3 Å². The first-order chi connectivity index (χ1) is 16.3. The average molecular weight is 473 g/mol. The Labute approximate surface area is 203 Å². The molecule has 6 heteroatoms. The van der Waals surface area contributed by atoms with Gasteiger partial charge in [-0.15, -0.1) is 0 Å². The third-order valence-corrected chi connectivity index (χ3v) is 6.63. The van der Waals surface area contributed by atoms with Crippen molar-refractivity contribution in [2.45, 2.75) is 32.7 Å². The van der Waals surface area contributed by atoms with E-state index in [0.29, 0.717) is 28.5 Å². The molecule has 5 nitrogen and oxygen atoms in total. The molecule has 2 aliphatic rings. The van der Waals surface area contributed by atoms with Crippen LogP contribution in [0.5, 0.6) is 5.75 Å². The summed E-state index contributed by atoms with van der Waals surface area (Å²) in [5, 5.41) is 4.14. The molecule has 0 radical (unpaired) electrons. The highest BCUT2D eigenvalue weighted by Gasteiger charge is 2.44. The summed E-state index contributed by atoms with van der Waals surface area (Å²) in [6.45, 7) is 4.26. The van der Waals surface area contributed by atoms with Crippen LogP contribution in [0, 0.1) is 11.3 Å². The maximum Gasteiger partial charge on any atom is 0.343 e.